The number of benzene rings is 1. The average molecular weight is 305 g/mol. The van der Waals surface area contributed by atoms with Crippen molar-refractivity contribution in [3.8, 4) is 5.75 Å². The molecule has 6 heteroatoms. The molecule has 1 atom stereocenters. The Morgan fingerprint density at radius 3 is 2.62 bits per heavy atom. The summed E-state index contributed by atoms with van der Waals surface area (Å²) in [6.45, 7) is 2.48. The number of rotatable bonds is 6. The number of aromatic nitrogens is 2. The quantitative estimate of drug-likeness (QED) is 0.800. The Labute approximate surface area is 129 Å². The number of nitrogens with zero attached hydrogens (tertiary/aromatic N) is 1. The van der Waals surface area contributed by atoms with E-state index in [0.29, 0.717) is 17.1 Å². The first-order chi connectivity index (χ1) is 10.1. The van der Waals surface area contributed by atoms with Crippen LogP contribution in [0.15, 0.2) is 30.3 Å². The van der Waals surface area contributed by atoms with Gasteiger partial charge in [-0.1, -0.05) is 24.4 Å². The van der Waals surface area contributed by atoms with Crippen molar-refractivity contribution in [3.63, 3.8) is 0 Å². The number of hydrogen-bond acceptors (Lipinski definition) is 5. The number of nitrogens with one attached hydrogen (secondary N) is 2. The molecule has 2 N–H and O–H groups in total. The molecule has 0 aliphatic heterocycles. The second-order valence-corrected chi connectivity index (χ2v) is 5.07. The normalized spacial score (nSPS) is 12.0. The minimum absolute atomic E-state index is 0.124. The first-order valence-corrected chi connectivity index (χ1v) is 7.03. The van der Waals surface area contributed by atoms with Gasteiger partial charge >= 0.3 is 0 Å². The van der Waals surface area contributed by atoms with Gasteiger partial charge in [-0.3, -0.25) is 0 Å². The number of aromatic amines is 1. The molecule has 0 saturated heterocycles. The highest BCUT2D eigenvalue weighted by Crippen LogP contribution is 2.20. The molecule has 1 heterocycles. The molecular formula is C15H19N3O2S. The monoisotopic (exact) mass is 305 g/mol. The lowest BCUT2D eigenvalue weighted by molar-refractivity contribution is 0.178. The van der Waals surface area contributed by atoms with Crippen LogP contribution in [0.25, 0.3) is 0 Å². The lowest BCUT2D eigenvalue weighted by Gasteiger charge is -2.16. The number of ether oxygens (including phenoxy) is 2. The molecule has 0 spiro atoms. The highest BCUT2D eigenvalue weighted by molar-refractivity contribution is 7.71. The first kappa shape index (κ1) is 15.5. The van der Waals surface area contributed by atoms with E-state index in [2.05, 4.69) is 22.2 Å². The predicted octanol–water partition coefficient (Wildman–Crippen LogP) is 3.47. The summed E-state index contributed by atoms with van der Waals surface area (Å²) in [6.07, 6.45) is 0. The smallest absolute Gasteiger partial charge is 0.135 e. The summed E-state index contributed by atoms with van der Waals surface area (Å²) in [7, 11) is 3.28. The van der Waals surface area contributed by atoms with Gasteiger partial charge in [0.05, 0.1) is 7.11 Å². The maximum atomic E-state index is 5.16. The van der Waals surface area contributed by atoms with Crippen molar-refractivity contribution < 1.29 is 9.47 Å². The molecule has 2 aromatic rings. The maximum Gasteiger partial charge on any atom is 0.135 e. The maximum absolute atomic E-state index is 5.16. The molecule has 1 aromatic heterocycles. The van der Waals surface area contributed by atoms with E-state index in [1.54, 1.807) is 20.3 Å². The van der Waals surface area contributed by atoms with Gasteiger partial charge in [-0.2, -0.15) is 0 Å². The Morgan fingerprint density at radius 1 is 1.29 bits per heavy atom. The Balaban J connectivity index is 2.14. The number of anilines is 1. The zero-order valence-electron chi connectivity index (χ0n) is 12.3. The third-order valence-electron chi connectivity index (χ3n) is 3.06. The van der Waals surface area contributed by atoms with Crippen LogP contribution >= 0.6 is 12.2 Å². The van der Waals surface area contributed by atoms with Crippen molar-refractivity contribution in [2.45, 2.75) is 19.6 Å². The summed E-state index contributed by atoms with van der Waals surface area (Å²) in [6, 6.07) is 9.87. The van der Waals surface area contributed by atoms with Crippen molar-refractivity contribution in [1.29, 1.82) is 0 Å². The number of hydrogen-bond donors (Lipinski definition) is 2. The molecule has 0 amide bonds. The molecule has 5 nitrogen and oxygen atoms in total. The highest BCUT2D eigenvalue weighted by Gasteiger charge is 2.07. The van der Waals surface area contributed by atoms with Gasteiger partial charge in [0.2, 0.25) is 0 Å². The van der Waals surface area contributed by atoms with E-state index in [0.717, 1.165) is 17.1 Å². The van der Waals surface area contributed by atoms with Crippen molar-refractivity contribution in [2.75, 3.05) is 19.5 Å². The van der Waals surface area contributed by atoms with E-state index in [1.165, 1.54) is 0 Å². The topological polar surface area (TPSA) is 59.2 Å². The molecule has 0 aliphatic carbocycles. The molecule has 1 aromatic carbocycles. The predicted molar refractivity (Wildman–Crippen MR) is 85.2 cm³/mol. The Hall–Kier alpha value is -1.92. The van der Waals surface area contributed by atoms with Crippen LogP contribution in [0.3, 0.4) is 0 Å². The van der Waals surface area contributed by atoms with Gasteiger partial charge in [0.25, 0.3) is 0 Å². The standard InChI is InChI=1S/C15H19N3O2S/c1-10(11-4-6-12(20-3)7-5-11)16-13-8-15(21)18-14(17-13)9-19-2/h4-8,10H,9H2,1-3H3,(H2,16,17,18,21). The molecule has 21 heavy (non-hydrogen) atoms. The number of H-pyrrole nitrogens is 1. The van der Waals surface area contributed by atoms with Gasteiger partial charge in [-0.05, 0) is 24.6 Å². The van der Waals surface area contributed by atoms with Crippen molar-refractivity contribution in [3.05, 3.63) is 46.4 Å². The molecule has 1 unspecified atom stereocenters. The lowest BCUT2D eigenvalue weighted by Crippen LogP contribution is -2.10. The zero-order valence-corrected chi connectivity index (χ0v) is 13.2. The van der Waals surface area contributed by atoms with Crippen molar-refractivity contribution in [1.82, 2.24) is 9.97 Å². The van der Waals surface area contributed by atoms with Gasteiger partial charge in [0, 0.05) is 19.2 Å². The summed E-state index contributed by atoms with van der Waals surface area (Å²) < 4.78 is 10.8. The number of methoxy groups -OCH3 is 2. The zero-order chi connectivity index (χ0) is 15.2. The summed E-state index contributed by atoms with van der Waals surface area (Å²) in [5, 5.41) is 3.38. The van der Waals surface area contributed by atoms with Crippen LogP contribution in [0.2, 0.25) is 0 Å². The minimum Gasteiger partial charge on any atom is -0.497 e. The molecular weight excluding hydrogens is 286 g/mol. The van der Waals surface area contributed by atoms with Crippen LogP contribution in [-0.2, 0) is 11.3 Å². The van der Waals surface area contributed by atoms with Crippen LogP contribution in [0, 0.1) is 4.64 Å². The third kappa shape index (κ3) is 4.27. The largest absolute Gasteiger partial charge is 0.497 e. The molecule has 0 aliphatic rings. The first-order valence-electron chi connectivity index (χ1n) is 6.62. The lowest BCUT2D eigenvalue weighted by atomic mass is 10.1. The van der Waals surface area contributed by atoms with E-state index >= 15 is 0 Å². The van der Waals surface area contributed by atoms with Crippen molar-refractivity contribution >= 4 is 18.0 Å². The molecule has 0 fully saturated rings. The molecule has 0 radical (unpaired) electrons. The van der Waals surface area contributed by atoms with Crippen LogP contribution in [0.5, 0.6) is 5.75 Å². The average Bonchev–Trinajstić information content (AvgIpc) is 2.47. The van der Waals surface area contributed by atoms with Gasteiger partial charge in [0.15, 0.2) is 0 Å². The summed E-state index contributed by atoms with van der Waals surface area (Å²) in [5.74, 6) is 2.37. The van der Waals surface area contributed by atoms with Crippen LogP contribution in [0.1, 0.15) is 24.4 Å². The van der Waals surface area contributed by atoms with E-state index in [-0.39, 0.29) is 6.04 Å². The second kappa shape index (κ2) is 7.19. The molecule has 0 saturated carbocycles. The van der Waals surface area contributed by atoms with E-state index in [4.69, 9.17) is 21.7 Å². The van der Waals surface area contributed by atoms with Crippen LogP contribution < -0.4 is 10.1 Å². The van der Waals surface area contributed by atoms with E-state index in [1.807, 2.05) is 24.3 Å². The fourth-order valence-electron chi connectivity index (χ4n) is 2.00. The van der Waals surface area contributed by atoms with Gasteiger partial charge < -0.3 is 19.8 Å². The Bertz CT molecular complexity index is 640. The fraction of sp³-hybridized carbons (Fsp3) is 0.333. The molecule has 0 bridgehead atoms. The highest BCUT2D eigenvalue weighted by atomic mass is 32.1. The SMILES string of the molecule is COCc1nc(=S)cc(NC(C)c2ccc(OC)cc2)[nH]1. The Morgan fingerprint density at radius 2 is 2.00 bits per heavy atom. The minimum atomic E-state index is 0.124. The summed E-state index contributed by atoms with van der Waals surface area (Å²) in [4.78, 5) is 7.37. The second-order valence-electron chi connectivity index (χ2n) is 4.65. The van der Waals surface area contributed by atoms with Gasteiger partial charge in [-0.25, -0.2) is 4.98 Å². The van der Waals surface area contributed by atoms with Crippen LogP contribution in [0.4, 0.5) is 5.82 Å². The Kier molecular flexibility index (Phi) is 5.30. The van der Waals surface area contributed by atoms with Gasteiger partial charge in [-0.15, -0.1) is 0 Å². The summed E-state index contributed by atoms with van der Waals surface area (Å²) >= 11 is 5.16. The fourth-order valence-corrected chi connectivity index (χ4v) is 2.23. The third-order valence-corrected chi connectivity index (χ3v) is 3.27. The molecule has 112 valence electrons. The summed E-state index contributed by atoms with van der Waals surface area (Å²) in [5.41, 5.74) is 1.15. The van der Waals surface area contributed by atoms with Gasteiger partial charge in [0.1, 0.15) is 28.6 Å². The van der Waals surface area contributed by atoms with E-state index in [9.17, 15) is 0 Å². The molecule has 2 rings (SSSR count). The van der Waals surface area contributed by atoms with Crippen molar-refractivity contribution in [2.24, 2.45) is 0 Å². The van der Waals surface area contributed by atoms with Crippen LogP contribution in [-0.4, -0.2) is 24.2 Å². The van der Waals surface area contributed by atoms with E-state index < -0.39 is 0 Å².